The maximum absolute atomic E-state index is 12.3. The number of rotatable bonds is 8. The number of benzene rings is 1. The molecular weight excluding hydrogens is 326 g/mol. The normalized spacial score (nSPS) is 17.2. The molecule has 5 nitrogen and oxygen atoms in total. The van der Waals surface area contributed by atoms with E-state index >= 15 is 0 Å². The number of likely N-dealkylation sites (tertiary alicyclic amines) is 1. The molecule has 1 aliphatic heterocycles. The standard InChI is InChI=1S/C21H29N3O2/c1-16-7-9-18(10-8-16)23-21(25)14-17(2)22-15-19(20-6-5-13-26-20)24-11-3-4-12-24/h5-10,13,17,19,22H,3-4,11-12,14-15H2,1-2H3,(H,23,25)/t17-,19+/m0/s1. The Kier molecular flexibility index (Phi) is 6.47. The van der Waals surface area contributed by atoms with E-state index in [1.807, 2.05) is 43.3 Å². The Morgan fingerprint density at radius 1 is 1.19 bits per heavy atom. The fourth-order valence-corrected chi connectivity index (χ4v) is 3.46. The maximum atomic E-state index is 12.3. The Balaban J connectivity index is 1.49. The van der Waals surface area contributed by atoms with Gasteiger partial charge in [-0.05, 0) is 64.0 Å². The van der Waals surface area contributed by atoms with Crippen molar-refractivity contribution < 1.29 is 9.21 Å². The monoisotopic (exact) mass is 355 g/mol. The molecule has 2 N–H and O–H groups in total. The van der Waals surface area contributed by atoms with E-state index in [9.17, 15) is 4.79 Å². The topological polar surface area (TPSA) is 57.5 Å². The number of amides is 1. The molecule has 0 radical (unpaired) electrons. The lowest BCUT2D eigenvalue weighted by molar-refractivity contribution is -0.116. The molecule has 1 aromatic heterocycles. The molecule has 26 heavy (non-hydrogen) atoms. The van der Waals surface area contributed by atoms with Crippen LogP contribution < -0.4 is 10.6 Å². The third kappa shape index (κ3) is 5.19. The van der Waals surface area contributed by atoms with Crippen LogP contribution in [-0.2, 0) is 4.79 Å². The lowest BCUT2D eigenvalue weighted by Crippen LogP contribution is -2.39. The molecule has 0 spiro atoms. The summed E-state index contributed by atoms with van der Waals surface area (Å²) in [6.07, 6.45) is 4.66. The molecule has 0 aliphatic carbocycles. The molecule has 1 fully saturated rings. The van der Waals surface area contributed by atoms with Crippen molar-refractivity contribution in [2.24, 2.45) is 0 Å². The lowest BCUT2D eigenvalue weighted by Gasteiger charge is -2.27. The summed E-state index contributed by atoms with van der Waals surface area (Å²) in [6, 6.07) is 12.2. The third-order valence-corrected chi connectivity index (χ3v) is 4.94. The van der Waals surface area contributed by atoms with Crippen LogP contribution in [0, 0.1) is 6.92 Å². The molecule has 2 heterocycles. The smallest absolute Gasteiger partial charge is 0.225 e. The van der Waals surface area contributed by atoms with Gasteiger partial charge in [0, 0.05) is 24.7 Å². The minimum absolute atomic E-state index is 0.0320. The summed E-state index contributed by atoms with van der Waals surface area (Å²) >= 11 is 0. The van der Waals surface area contributed by atoms with E-state index in [2.05, 4.69) is 22.5 Å². The number of hydrogen-bond acceptors (Lipinski definition) is 4. The molecular formula is C21H29N3O2. The quantitative estimate of drug-likeness (QED) is 0.757. The number of carbonyl (C=O) groups is 1. The van der Waals surface area contributed by atoms with E-state index in [1.165, 1.54) is 18.4 Å². The first-order chi connectivity index (χ1) is 12.6. The van der Waals surface area contributed by atoms with Gasteiger partial charge in [-0.15, -0.1) is 0 Å². The zero-order valence-electron chi connectivity index (χ0n) is 15.7. The van der Waals surface area contributed by atoms with Crippen molar-refractivity contribution >= 4 is 11.6 Å². The highest BCUT2D eigenvalue weighted by atomic mass is 16.3. The largest absolute Gasteiger partial charge is 0.468 e. The molecule has 140 valence electrons. The van der Waals surface area contributed by atoms with Gasteiger partial charge in [-0.25, -0.2) is 0 Å². The van der Waals surface area contributed by atoms with Crippen LogP contribution in [0.15, 0.2) is 47.1 Å². The number of carbonyl (C=O) groups excluding carboxylic acids is 1. The van der Waals surface area contributed by atoms with Gasteiger partial charge in [-0.3, -0.25) is 9.69 Å². The van der Waals surface area contributed by atoms with E-state index in [0.717, 1.165) is 31.1 Å². The number of nitrogens with zero attached hydrogens (tertiary/aromatic N) is 1. The molecule has 0 unspecified atom stereocenters. The van der Waals surface area contributed by atoms with Crippen molar-refractivity contribution in [3.63, 3.8) is 0 Å². The van der Waals surface area contributed by atoms with Gasteiger partial charge in [-0.1, -0.05) is 17.7 Å². The highest BCUT2D eigenvalue weighted by Gasteiger charge is 2.25. The Bertz CT molecular complexity index is 676. The number of furan rings is 1. The van der Waals surface area contributed by atoms with Crippen LogP contribution in [0.25, 0.3) is 0 Å². The molecule has 1 saturated heterocycles. The van der Waals surface area contributed by atoms with Crippen molar-refractivity contribution in [2.45, 2.75) is 45.2 Å². The Morgan fingerprint density at radius 2 is 1.92 bits per heavy atom. The molecule has 3 rings (SSSR count). The second-order valence-corrected chi connectivity index (χ2v) is 7.20. The summed E-state index contributed by atoms with van der Waals surface area (Å²) in [7, 11) is 0. The van der Waals surface area contributed by atoms with Crippen LogP contribution in [0.5, 0.6) is 0 Å². The van der Waals surface area contributed by atoms with Gasteiger partial charge in [0.25, 0.3) is 0 Å². The van der Waals surface area contributed by atoms with Gasteiger partial charge < -0.3 is 15.1 Å². The highest BCUT2D eigenvalue weighted by Crippen LogP contribution is 2.25. The third-order valence-electron chi connectivity index (χ3n) is 4.94. The average Bonchev–Trinajstić information content (AvgIpc) is 3.31. The van der Waals surface area contributed by atoms with E-state index in [0.29, 0.717) is 6.42 Å². The van der Waals surface area contributed by atoms with Gasteiger partial charge >= 0.3 is 0 Å². The van der Waals surface area contributed by atoms with Crippen molar-refractivity contribution in [3.8, 4) is 0 Å². The van der Waals surface area contributed by atoms with Crippen LogP contribution in [0.2, 0.25) is 0 Å². The molecule has 0 saturated carbocycles. The zero-order valence-corrected chi connectivity index (χ0v) is 15.7. The summed E-state index contributed by atoms with van der Waals surface area (Å²) in [6.45, 7) is 7.09. The molecule has 2 aromatic rings. The van der Waals surface area contributed by atoms with Crippen LogP contribution in [-0.4, -0.2) is 36.5 Å². The first-order valence-corrected chi connectivity index (χ1v) is 9.49. The van der Waals surface area contributed by atoms with Crippen molar-refractivity contribution in [3.05, 3.63) is 54.0 Å². The molecule has 1 aliphatic rings. The fourth-order valence-electron chi connectivity index (χ4n) is 3.46. The van der Waals surface area contributed by atoms with Crippen molar-refractivity contribution in [1.29, 1.82) is 0 Å². The van der Waals surface area contributed by atoms with Gasteiger partial charge in [0.1, 0.15) is 5.76 Å². The number of hydrogen-bond donors (Lipinski definition) is 2. The highest BCUT2D eigenvalue weighted by molar-refractivity contribution is 5.91. The molecule has 1 aromatic carbocycles. The van der Waals surface area contributed by atoms with Gasteiger partial charge in [0.15, 0.2) is 0 Å². The van der Waals surface area contributed by atoms with Gasteiger partial charge in [-0.2, -0.15) is 0 Å². The summed E-state index contributed by atoms with van der Waals surface area (Å²) in [5, 5.41) is 6.47. The lowest BCUT2D eigenvalue weighted by atomic mass is 10.1. The Morgan fingerprint density at radius 3 is 2.58 bits per heavy atom. The summed E-state index contributed by atoms with van der Waals surface area (Å²) in [4.78, 5) is 14.7. The van der Waals surface area contributed by atoms with Crippen molar-refractivity contribution in [1.82, 2.24) is 10.2 Å². The van der Waals surface area contributed by atoms with Crippen molar-refractivity contribution in [2.75, 3.05) is 25.0 Å². The van der Waals surface area contributed by atoms with Gasteiger partial charge in [0.2, 0.25) is 5.91 Å². The summed E-state index contributed by atoms with van der Waals surface area (Å²) in [5.74, 6) is 1.03. The van der Waals surface area contributed by atoms with Crippen LogP contribution >= 0.6 is 0 Å². The maximum Gasteiger partial charge on any atom is 0.225 e. The SMILES string of the molecule is Cc1ccc(NC(=O)C[C@H](C)NC[C@H](c2ccco2)N2CCCC2)cc1. The Labute approximate surface area is 155 Å². The molecule has 5 heteroatoms. The number of nitrogens with one attached hydrogen (secondary N) is 2. The Hall–Kier alpha value is -2.11. The molecule has 0 bridgehead atoms. The summed E-state index contributed by atoms with van der Waals surface area (Å²) < 4.78 is 5.65. The minimum Gasteiger partial charge on any atom is -0.468 e. The molecule has 1 amide bonds. The summed E-state index contributed by atoms with van der Waals surface area (Å²) in [5.41, 5.74) is 2.03. The predicted molar refractivity (Wildman–Crippen MR) is 104 cm³/mol. The molecule has 2 atom stereocenters. The minimum atomic E-state index is 0.0320. The first kappa shape index (κ1) is 18.7. The average molecular weight is 355 g/mol. The second kappa shape index (κ2) is 9.01. The van der Waals surface area contributed by atoms with Crippen LogP contribution in [0.3, 0.4) is 0 Å². The van der Waals surface area contributed by atoms with E-state index in [1.54, 1.807) is 6.26 Å². The first-order valence-electron chi connectivity index (χ1n) is 9.49. The predicted octanol–water partition coefficient (Wildman–Crippen LogP) is 3.73. The van der Waals surface area contributed by atoms with E-state index in [4.69, 9.17) is 4.42 Å². The van der Waals surface area contributed by atoms with Crippen LogP contribution in [0.4, 0.5) is 5.69 Å². The van der Waals surface area contributed by atoms with Crippen LogP contribution in [0.1, 0.15) is 43.6 Å². The zero-order chi connectivity index (χ0) is 18.4. The van der Waals surface area contributed by atoms with E-state index < -0.39 is 0 Å². The van der Waals surface area contributed by atoms with Gasteiger partial charge in [0.05, 0.1) is 12.3 Å². The number of aryl methyl sites for hydroxylation is 1. The second-order valence-electron chi connectivity index (χ2n) is 7.20. The number of anilines is 1. The fraction of sp³-hybridized carbons (Fsp3) is 0.476. The van der Waals surface area contributed by atoms with E-state index in [-0.39, 0.29) is 18.0 Å².